The Balaban J connectivity index is 1.82. The number of rotatable bonds is 3. The molecular formula is C16H13F2NO. The molecule has 4 heteroatoms. The first-order valence-corrected chi connectivity index (χ1v) is 6.36. The van der Waals surface area contributed by atoms with Crippen LogP contribution in [0, 0.1) is 11.6 Å². The number of H-pyrrole nitrogens is 1. The minimum Gasteiger partial charge on any atom is -0.507 e. The van der Waals surface area contributed by atoms with Crippen LogP contribution in [0.15, 0.2) is 42.6 Å². The van der Waals surface area contributed by atoms with Gasteiger partial charge in [0.2, 0.25) is 0 Å². The molecule has 2 N–H and O–H groups in total. The van der Waals surface area contributed by atoms with Gasteiger partial charge in [-0.05, 0) is 48.2 Å². The number of aromatic hydroxyl groups is 1. The van der Waals surface area contributed by atoms with Crippen LogP contribution in [-0.4, -0.2) is 10.1 Å². The summed E-state index contributed by atoms with van der Waals surface area (Å²) in [6.07, 6.45) is 2.79. The van der Waals surface area contributed by atoms with E-state index in [0.717, 1.165) is 22.5 Å². The second-order valence-corrected chi connectivity index (χ2v) is 4.79. The Labute approximate surface area is 114 Å². The van der Waals surface area contributed by atoms with Gasteiger partial charge in [-0.1, -0.05) is 6.07 Å². The van der Waals surface area contributed by atoms with E-state index in [-0.39, 0.29) is 5.75 Å². The molecule has 0 aliphatic carbocycles. The van der Waals surface area contributed by atoms with Gasteiger partial charge in [0.05, 0.1) is 0 Å². The van der Waals surface area contributed by atoms with Gasteiger partial charge in [-0.3, -0.25) is 0 Å². The summed E-state index contributed by atoms with van der Waals surface area (Å²) in [6.45, 7) is 0. The molecule has 2 nitrogen and oxygen atoms in total. The molecule has 0 amide bonds. The largest absolute Gasteiger partial charge is 0.507 e. The normalized spacial score (nSPS) is 11.1. The van der Waals surface area contributed by atoms with Crippen molar-refractivity contribution in [3.63, 3.8) is 0 Å². The van der Waals surface area contributed by atoms with E-state index in [9.17, 15) is 13.9 Å². The van der Waals surface area contributed by atoms with Crippen LogP contribution < -0.4 is 0 Å². The molecule has 0 saturated heterocycles. The summed E-state index contributed by atoms with van der Waals surface area (Å²) in [5, 5.41) is 10.7. The summed E-state index contributed by atoms with van der Waals surface area (Å²) >= 11 is 0. The van der Waals surface area contributed by atoms with Crippen molar-refractivity contribution in [2.45, 2.75) is 12.8 Å². The fraction of sp³-hybridized carbons (Fsp3) is 0.125. The van der Waals surface area contributed by atoms with Crippen molar-refractivity contribution >= 4 is 10.9 Å². The average molecular weight is 273 g/mol. The van der Waals surface area contributed by atoms with Crippen molar-refractivity contribution in [3.05, 3.63) is 65.4 Å². The number of hydrogen-bond donors (Lipinski definition) is 2. The van der Waals surface area contributed by atoms with Crippen LogP contribution in [0.5, 0.6) is 5.75 Å². The molecule has 0 saturated carbocycles. The summed E-state index contributed by atoms with van der Waals surface area (Å²) in [5.41, 5.74) is 2.22. The van der Waals surface area contributed by atoms with Crippen LogP contribution in [0.1, 0.15) is 11.1 Å². The monoisotopic (exact) mass is 273 g/mol. The molecule has 3 rings (SSSR count). The molecule has 2 aromatic carbocycles. The summed E-state index contributed by atoms with van der Waals surface area (Å²) in [5.74, 6) is -0.898. The molecule has 0 bridgehead atoms. The molecule has 102 valence electrons. The van der Waals surface area contributed by atoms with Crippen LogP contribution in [-0.2, 0) is 12.8 Å². The van der Waals surface area contributed by atoms with Crippen LogP contribution in [0.25, 0.3) is 10.9 Å². The van der Waals surface area contributed by atoms with E-state index in [2.05, 4.69) is 4.98 Å². The number of halogens is 2. The number of phenolic OH excluding ortho intramolecular Hbond substituents is 1. The highest BCUT2D eigenvalue weighted by Crippen LogP contribution is 2.26. The topological polar surface area (TPSA) is 36.0 Å². The van der Waals surface area contributed by atoms with Crippen LogP contribution >= 0.6 is 0 Å². The lowest BCUT2D eigenvalue weighted by molar-refractivity contribution is 0.481. The molecular weight excluding hydrogens is 260 g/mol. The quantitative estimate of drug-likeness (QED) is 0.745. The van der Waals surface area contributed by atoms with Crippen LogP contribution in [0.2, 0.25) is 0 Å². The Kier molecular flexibility index (Phi) is 3.14. The molecule has 0 fully saturated rings. The van der Waals surface area contributed by atoms with Gasteiger partial charge in [-0.2, -0.15) is 0 Å². The number of fused-ring (bicyclic) bond motifs is 1. The number of aryl methyl sites for hydroxylation is 2. The number of hydrogen-bond acceptors (Lipinski definition) is 1. The van der Waals surface area contributed by atoms with Crippen LogP contribution in [0.4, 0.5) is 8.78 Å². The van der Waals surface area contributed by atoms with Crippen molar-refractivity contribution in [2.24, 2.45) is 0 Å². The third kappa shape index (κ3) is 2.37. The van der Waals surface area contributed by atoms with Crippen molar-refractivity contribution in [2.75, 3.05) is 0 Å². The van der Waals surface area contributed by atoms with Crippen molar-refractivity contribution in [1.82, 2.24) is 4.98 Å². The molecule has 1 aromatic heterocycles. The van der Waals surface area contributed by atoms with E-state index in [1.807, 2.05) is 6.07 Å². The Morgan fingerprint density at radius 1 is 1.00 bits per heavy atom. The molecule has 20 heavy (non-hydrogen) atoms. The lowest BCUT2D eigenvalue weighted by Gasteiger charge is -2.05. The smallest absolute Gasteiger partial charge is 0.129 e. The molecule has 0 aliphatic heterocycles. The number of aromatic amines is 1. The van der Waals surface area contributed by atoms with Crippen molar-refractivity contribution in [1.29, 1.82) is 0 Å². The number of benzene rings is 2. The molecule has 3 aromatic rings. The first-order valence-electron chi connectivity index (χ1n) is 6.36. The Bertz CT molecular complexity index is 764. The maximum absolute atomic E-state index is 13.5. The fourth-order valence-corrected chi connectivity index (χ4v) is 2.35. The minimum atomic E-state index is -0.573. The number of phenols is 1. The van der Waals surface area contributed by atoms with E-state index in [1.165, 1.54) is 12.1 Å². The average Bonchev–Trinajstić information content (AvgIpc) is 2.86. The molecule has 0 aliphatic rings. The zero-order chi connectivity index (χ0) is 14.1. The van der Waals surface area contributed by atoms with E-state index < -0.39 is 11.6 Å². The van der Waals surface area contributed by atoms with E-state index >= 15 is 0 Å². The SMILES string of the molecule is Oc1cc(CCc2ccc(F)cc2F)cc2[nH]ccc12. The molecule has 0 radical (unpaired) electrons. The maximum Gasteiger partial charge on any atom is 0.129 e. The lowest BCUT2D eigenvalue weighted by atomic mass is 10.0. The number of nitrogens with one attached hydrogen (secondary N) is 1. The van der Waals surface area contributed by atoms with E-state index in [4.69, 9.17) is 0 Å². The summed E-state index contributed by atoms with van der Waals surface area (Å²) in [6, 6.07) is 9.00. The minimum absolute atomic E-state index is 0.207. The third-order valence-corrected chi connectivity index (χ3v) is 3.40. The van der Waals surface area contributed by atoms with E-state index in [1.54, 1.807) is 18.3 Å². The number of aromatic nitrogens is 1. The van der Waals surface area contributed by atoms with Gasteiger partial charge in [0.15, 0.2) is 0 Å². The fourth-order valence-electron chi connectivity index (χ4n) is 2.35. The summed E-state index contributed by atoms with van der Waals surface area (Å²) < 4.78 is 26.4. The predicted molar refractivity (Wildman–Crippen MR) is 73.7 cm³/mol. The van der Waals surface area contributed by atoms with Gasteiger partial charge in [0.1, 0.15) is 17.4 Å². The molecule has 0 spiro atoms. The van der Waals surface area contributed by atoms with E-state index in [0.29, 0.717) is 18.4 Å². The van der Waals surface area contributed by atoms with Crippen LogP contribution in [0.3, 0.4) is 0 Å². The highest BCUT2D eigenvalue weighted by atomic mass is 19.1. The second kappa shape index (κ2) is 4.96. The van der Waals surface area contributed by atoms with Gasteiger partial charge in [-0.15, -0.1) is 0 Å². The van der Waals surface area contributed by atoms with Gasteiger partial charge in [0.25, 0.3) is 0 Å². The lowest BCUT2D eigenvalue weighted by Crippen LogP contribution is -1.95. The standard InChI is InChI=1S/C16H13F2NO/c17-12-4-3-11(14(18)9-12)2-1-10-7-15-13(5-6-19-15)16(20)8-10/h3-9,19-20H,1-2H2. The predicted octanol–water partition coefficient (Wildman–Crippen LogP) is 3.94. The first kappa shape index (κ1) is 12.7. The summed E-state index contributed by atoms with van der Waals surface area (Å²) in [7, 11) is 0. The second-order valence-electron chi connectivity index (χ2n) is 4.79. The zero-order valence-electron chi connectivity index (χ0n) is 10.7. The highest BCUT2D eigenvalue weighted by molar-refractivity contribution is 5.86. The molecule has 0 atom stereocenters. The molecule has 1 heterocycles. The van der Waals surface area contributed by atoms with Gasteiger partial charge in [-0.25, -0.2) is 8.78 Å². The van der Waals surface area contributed by atoms with Crippen molar-refractivity contribution in [3.8, 4) is 5.75 Å². The highest BCUT2D eigenvalue weighted by Gasteiger charge is 2.07. The summed E-state index contributed by atoms with van der Waals surface area (Å²) in [4.78, 5) is 3.03. The Morgan fingerprint density at radius 3 is 2.65 bits per heavy atom. The molecule has 0 unspecified atom stereocenters. The third-order valence-electron chi connectivity index (χ3n) is 3.40. The Morgan fingerprint density at radius 2 is 1.85 bits per heavy atom. The van der Waals surface area contributed by atoms with Gasteiger partial charge in [0, 0.05) is 23.2 Å². The van der Waals surface area contributed by atoms with Gasteiger partial charge >= 0.3 is 0 Å². The first-order chi connectivity index (χ1) is 9.63. The zero-order valence-corrected chi connectivity index (χ0v) is 10.7. The Hall–Kier alpha value is -2.36. The van der Waals surface area contributed by atoms with Gasteiger partial charge < -0.3 is 10.1 Å². The maximum atomic E-state index is 13.5. The van der Waals surface area contributed by atoms with Crippen molar-refractivity contribution < 1.29 is 13.9 Å².